The van der Waals surface area contributed by atoms with Crippen LogP contribution in [-0.2, 0) is 20.7 Å². The largest absolute Gasteiger partial charge is 0.462 e. The lowest BCUT2D eigenvalue weighted by molar-refractivity contribution is -0.150. The van der Waals surface area contributed by atoms with Crippen LogP contribution in [-0.4, -0.2) is 47.7 Å². The molecule has 0 aromatic carbocycles. The van der Waals surface area contributed by atoms with Gasteiger partial charge in [0.25, 0.3) is 0 Å². The minimum atomic E-state index is -0.220. The first-order chi connectivity index (χ1) is 12.2. The van der Waals surface area contributed by atoms with Gasteiger partial charge in [-0.1, -0.05) is 6.07 Å². The van der Waals surface area contributed by atoms with E-state index in [4.69, 9.17) is 9.47 Å². The van der Waals surface area contributed by atoms with Crippen molar-refractivity contribution in [3.8, 4) is 0 Å². The smallest absolute Gasteiger partial charge is 0.409 e. The highest BCUT2D eigenvalue weighted by molar-refractivity contribution is 5.72. The predicted octanol–water partition coefficient (Wildman–Crippen LogP) is 2.96. The molecule has 1 aromatic heterocycles. The standard InChI is InChI=1S/C19H26N2O4/c22-18(13-16-5-1-2-10-20-16)25-17-8-6-15(7-9-17)14-24-19(23)21-11-3-4-12-21/h1-2,5,10,15,17H,3-4,6-9,11-14H2. The number of hydrogen-bond donors (Lipinski definition) is 0. The minimum Gasteiger partial charge on any atom is -0.462 e. The first-order valence-electron chi connectivity index (χ1n) is 9.22. The summed E-state index contributed by atoms with van der Waals surface area (Å²) in [6, 6.07) is 5.52. The molecule has 1 amide bonds. The summed E-state index contributed by atoms with van der Waals surface area (Å²) in [6.45, 7) is 2.11. The average Bonchev–Trinajstić information content (AvgIpc) is 3.16. The summed E-state index contributed by atoms with van der Waals surface area (Å²) >= 11 is 0. The van der Waals surface area contributed by atoms with Crippen molar-refractivity contribution in [2.24, 2.45) is 5.92 Å². The first kappa shape index (κ1) is 17.7. The van der Waals surface area contributed by atoms with Crippen LogP contribution in [0, 0.1) is 5.92 Å². The van der Waals surface area contributed by atoms with Crippen molar-refractivity contribution in [3.63, 3.8) is 0 Å². The van der Waals surface area contributed by atoms with Crippen LogP contribution in [0.2, 0.25) is 0 Å². The van der Waals surface area contributed by atoms with Crippen molar-refractivity contribution in [3.05, 3.63) is 30.1 Å². The molecular weight excluding hydrogens is 320 g/mol. The number of aromatic nitrogens is 1. The molecule has 1 saturated carbocycles. The second-order valence-electron chi connectivity index (χ2n) is 6.90. The van der Waals surface area contributed by atoms with Crippen LogP contribution in [0.5, 0.6) is 0 Å². The molecule has 0 N–H and O–H groups in total. The van der Waals surface area contributed by atoms with Crippen LogP contribution in [0.1, 0.15) is 44.2 Å². The number of rotatable bonds is 5. The van der Waals surface area contributed by atoms with Crippen LogP contribution < -0.4 is 0 Å². The fourth-order valence-electron chi connectivity index (χ4n) is 3.47. The number of esters is 1. The Morgan fingerprint density at radius 2 is 1.88 bits per heavy atom. The Bertz CT molecular complexity index is 564. The molecule has 2 heterocycles. The highest BCUT2D eigenvalue weighted by Crippen LogP contribution is 2.27. The molecule has 25 heavy (non-hydrogen) atoms. The zero-order chi connectivity index (χ0) is 17.5. The van der Waals surface area contributed by atoms with Gasteiger partial charge in [0, 0.05) is 19.3 Å². The van der Waals surface area contributed by atoms with E-state index in [0.29, 0.717) is 12.5 Å². The Hall–Kier alpha value is -2.11. The SMILES string of the molecule is O=C(Cc1ccccn1)OC1CCC(COC(=O)N2CCCC2)CC1. The Morgan fingerprint density at radius 1 is 1.12 bits per heavy atom. The van der Waals surface area contributed by atoms with E-state index in [2.05, 4.69) is 4.98 Å². The van der Waals surface area contributed by atoms with Crippen molar-refractivity contribution in [1.82, 2.24) is 9.88 Å². The lowest BCUT2D eigenvalue weighted by Gasteiger charge is -2.28. The van der Waals surface area contributed by atoms with Gasteiger partial charge in [-0.05, 0) is 56.6 Å². The summed E-state index contributed by atoms with van der Waals surface area (Å²) in [7, 11) is 0. The molecule has 1 aliphatic carbocycles. The molecule has 2 aliphatic rings. The molecule has 0 atom stereocenters. The number of amides is 1. The van der Waals surface area contributed by atoms with Gasteiger partial charge in [0.05, 0.1) is 18.7 Å². The van der Waals surface area contributed by atoms with Crippen molar-refractivity contribution in [1.29, 1.82) is 0 Å². The molecule has 0 radical (unpaired) electrons. The summed E-state index contributed by atoms with van der Waals surface area (Å²) in [5, 5.41) is 0. The topological polar surface area (TPSA) is 68.7 Å². The Morgan fingerprint density at radius 3 is 2.56 bits per heavy atom. The summed E-state index contributed by atoms with van der Waals surface area (Å²) in [4.78, 5) is 29.8. The third kappa shape index (κ3) is 5.44. The quantitative estimate of drug-likeness (QED) is 0.767. The van der Waals surface area contributed by atoms with Gasteiger partial charge < -0.3 is 14.4 Å². The van der Waals surface area contributed by atoms with Gasteiger partial charge in [-0.15, -0.1) is 0 Å². The lowest BCUT2D eigenvalue weighted by Crippen LogP contribution is -2.32. The van der Waals surface area contributed by atoms with Crippen LogP contribution in [0.15, 0.2) is 24.4 Å². The maximum Gasteiger partial charge on any atom is 0.409 e. The molecule has 6 heteroatoms. The van der Waals surface area contributed by atoms with Crippen LogP contribution in [0.4, 0.5) is 4.79 Å². The number of nitrogens with zero attached hydrogens (tertiary/aromatic N) is 2. The molecule has 1 aliphatic heterocycles. The second-order valence-corrected chi connectivity index (χ2v) is 6.90. The highest BCUT2D eigenvalue weighted by Gasteiger charge is 2.26. The van der Waals surface area contributed by atoms with Gasteiger partial charge in [-0.3, -0.25) is 9.78 Å². The van der Waals surface area contributed by atoms with E-state index in [-0.39, 0.29) is 24.6 Å². The van der Waals surface area contributed by atoms with E-state index in [9.17, 15) is 9.59 Å². The Kier molecular flexibility index (Phi) is 6.25. The molecule has 0 bridgehead atoms. The summed E-state index contributed by atoms with van der Waals surface area (Å²) in [5.74, 6) is 0.153. The number of ether oxygens (including phenoxy) is 2. The highest BCUT2D eigenvalue weighted by atomic mass is 16.6. The van der Waals surface area contributed by atoms with Crippen molar-refractivity contribution < 1.29 is 19.1 Å². The van der Waals surface area contributed by atoms with Crippen LogP contribution in [0.3, 0.4) is 0 Å². The molecule has 3 rings (SSSR count). The zero-order valence-corrected chi connectivity index (χ0v) is 14.6. The Labute approximate surface area is 148 Å². The van der Waals surface area contributed by atoms with Crippen molar-refractivity contribution in [2.45, 2.75) is 51.0 Å². The number of likely N-dealkylation sites (tertiary alicyclic amines) is 1. The number of carbonyl (C=O) groups excluding carboxylic acids is 2. The molecule has 0 spiro atoms. The van der Waals surface area contributed by atoms with Crippen LogP contribution >= 0.6 is 0 Å². The van der Waals surface area contributed by atoms with Crippen molar-refractivity contribution in [2.75, 3.05) is 19.7 Å². The van der Waals surface area contributed by atoms with E-state index in [1.807, 2.05) is 18.2 Å². The third-order valence-corrected chi connectivity index (χ3v) is 4.95. The maximum atomic E-state index is 12.0. The van der Waals surface area contributed by atoms with Gasteiger partial charge in [-0.2, -0.15) is 0 Å². The van der Waals surface area contributed by atoms with Gasteiger partial charge >= 0.3 is 12.1 Å². The van der Waals surface area contributed by atoms with E-state index >= 15 is 0 Å². The normalized spacial score (nSPS) is 23.3. The predicted molar refractivity (Wildman–Crippen MR) is 91.9 cm³/mol. The molecule has 6 nitrogen and oxygen atoms in total. The van der Waals surface area contributed by atoms with Gasteiger partial charge in [0.2, 0.25) is 0 Å². The molecule has 2 fully saturated rings. The lowest BCUT2D eigenvalue weighted by atomic mass is 9.88. The maximum absolute atomic E-state index is 12.0. The third-order valence-electron chi connectivity index (χ3n) is 4.95. The van der Waals surface area contributed by atoms with E-state index in [0.717, 1.165) is 57.3 Å². The molecule has 136 valence electrons. The van der Waals surface area contributed by atoms with Gasteiger partial charge in [0.1, 0.15) is 6.10 Å². The van der Waals surface area contributed by atoms with E-state index in [1.165, 1.54) is 0 Å². The summed E-state index contributed by atoms with van der Waals surface area (Å²) in [6.07, 6.45) is 7.35. The zero-order valence-electron chi connectivity index (χ0n) is 14.6. The minimum absolute atomic E-state index is 0.0262. The number of carbonyl (C=O) groups is 2. The molecule has 0 unspecified atom stereocenters. The van der Waals surface area contributed by atoms with Gasteiger partial charge in [-0.25, -0.2) is 4.79 Å². The fraction of sp³-hybridized carbons (Fsp3) is 0.632. The molecule has 1 saturated heterocycles. The number of pyridine rings is 1. The van der Waals surface area contributed by atoms with E-state index < -0.39 is 0 Å². The Balaban J connectivity index is 1.33. The second kappa shape index (κ2) is 8.83. The van der Waals surface area contributed by atoms with Crippen LogP contribution in [0.25, 0.3) is 0 Å². The van der Waals surface area contributed by atoms with Crippen molar-refractivity contribution >= 4 is 12.1 Å². The van der Waals surface area contributed by atoms with E-state index in [1.54, 1.807) is 11.1 Å². The average molecular weight is 346 g/mol. The summed E-state index contributed by atoms with van der Waals surface area (Å²) < 4.78 is 11.0. The van der Waals surface area contributed by atoms with Gasteiger partial charge in [0.15, 0.2) is 0 Å². The fourth-order valence-corrected chi connectivity index (χ4v) is 3.47. The molecule has 1 aromatic rings. The molecular formula is C19H26N2O4. The summed E-state index contributed by atoms with van der Waals surface area (Å²) in [5.41, 5.74) is 0.731. The number of hydrogen-bond acceptors (Lipinski definition) is 5. The first-order valence-corrected chi connectivity index (χ1v) is 9.22. The monoisotopic (exact) mass is 346 g/mol.